The van der Waals surface area contributed by atoms with Gasteiger partial charge in [0.1, 0.15) is 0 Å². The molecule has 0 aliphatic rings. The number of aliphatic carboxylic acids is 1. The van der Waals surface area contributed by atoms with Gasteiger partial charge in [0, 0.05) is 5.02 Å². The Balaban J connectivity index is 3.12. The molecule has 0 unspecified atom stereocenters. The summed E-state index contributed by atoms with van der Waals surface area (Å²) in [5.74, 6) is -0.829. The van der Waals surface area contributed by atoms with E-state index in [0.29, 0.717) is 5.02 Å². The Bertz CT molecular complexity index is 345. The van der Waals surface area contributed by atoms with E-state index in [9.17, 15) is 4.79 Å². The van der Waals surface area contributed by atoms with Crippen LogP contribution in [0.15, 0.2) is 12.1 Å². The quantitative estimate of drug-likeness (QED) is 0.793. The molecule has 0 spiro atoms. The molecule has 0 aliphatic carbocycles. The maximum Gasteiger partial charge on any atom is 0.307 e. The maximum absolute atomic E-state index is 10.5. The molecule has 0 atom stereocenters. The SMILES string of the molecule is Cc1cc(Cl)c(C)c(CC(=O)O)c1. The van der Waals surface area contributed by atoms with E-state index in [1.54, 1.807) is 0 Å². The molecular formula is C10H11ClO2. The number of aryl methyl sites for hydroxylation is 1. The van der Waals surface area contributed by atoms with Crippen molar-refractivity contribution in [2.24, 2.45) is 0 Å². The summed E-state index contributed by atoms with van der Waals surface area (Å²) >= 11 is 5.91. The normalized spacial score (nSPS) is 10.1. The van der Waals surface area contributed by atoms with Crippen molar-refractivity contribution in [2.75, 3.05) is 0 Å². The highest BCUT2D eigenvalue weighted by atomic mass is 35.5. The summed E-state index contributed by atoms with van der Waals surface area (Å²) in [6, 6.07) is 3.69. The minimum absolute atomic E-state index is 0.0350. The van der Waals surface area contributed by atoms with Crippen molar-refractivity contribution >= 4 is 17.6 Å². The number of carboxylic acid groups (broad SMARTS) is 1. The molecule has 0 radical (unpaired) electrons. The standard InChI is InChI=1S/C10H11ClO2/c1-6-3-8(5-10(12)13)7(2)9(11)4-6/h3-4H,5H2,1-2H3,(H,12,13). The third-order valence-electron chi connectivity index (χ3n) is 1.94. The van der Waals surface area contributed by atoms with Crippen LogP contribution >= 0.6 is 11.6 Å². The van der Waals surface area contributed by atoms with Crippen LogP contribution in [0.4, 0.5) is 0 Å². The molecule has 1 aromatic carbocycles. The van der Waals surface area contributed by atoms with Gasteiger partial charge in [-0.2, -0.15) is 0 Å². The van der Waals surface area contributed by atoms with Gasteiger partial charge in [-0.25, -0.2) is 0 Å². The molecule has 0 heterocycles. The first-order valence-corrected chi connectivity index (χ1v) is 4.36. The third-order valence-corrected chi connectivity index (χ3v) is 2.33. The first kappa shape index (κ1) is 10.1. The van der Waals surface area contributed by atoms with Gasteiger partial charge in [0.15, 0.2) is 0 Å². The highest BCUT2D eigenvalue weighted by molar-refractivity contribution is 6.31. The first-order chi connectivity index (χ1) is 6.00. The van der Waals surface area contributed by atoms with E-state index in [1.807, 2.05) is 26.0 Å². The van der Waals surface area contributed by atoms with Crippen molar-refractivity contribution < 1.29 is 9.90 Å². The zero-order valence-corrected chi connectivity index (χ0v) is 8.35. The molecule has 1 rings (SSSR count). The van der Waals surface area contributed by atoms with Crippen LogP contribution in [-0.2, 0) is 11.2 Å². The fourth-order valence-corrected chi connectivity index (χ4v) is 1.53. The monoisotopic (exact) mass is 198 g/mol. The molecule has 0 amide bonds. The van der Waals surface area contributed by atoms with Gasteiger partial charge < -0.3 is 5.11 Å². The van der Waals surface area contributed by atoms with Crippen LogP contribution < -0.4 is 0 Å². The summed E-state index contributed by atoms with van der Waals surface area (Å²) in [5, 5.41) is 9.27. The number of hydrogen-bond donors (Lipinski definition) is 1. The summed E-state index contributed by atoms with van der Waals surface area (Å²) in [4.78, 5) is 10.5. The molecule has 1 N–H and O–H groups in total. The summed E-state index contributed by atoms with van der Waals surface area (Å²) in [6.07, 6.45) is 0.0350. The molecule has 13 heavy (non-hydrogen) atoms. The lowest BCUT2D eigenvalue weighted by Crippen LogP contribution is -2.02. The molecule has 0 saturated carbocycles. The average molecular weight is 199 g/mol. The molecule has 0 fully saturated rings. The van der Waals surface area contributed by atoms with E-state index in [1.165, 1.54) is 0 Å². The van der Waals surface area contributed by atoms with Crippen LogP contribution in [0.1, 0.15) is 16.7 Å². The van der Waals surface area contributed by atoms with Crippen molar-refractivity contribution in [1.82, 2.24) is 0 Å². The van der Waals surface area contributed by atoms with Crippen LogP contribution in [-0.4, -0.2) is 11.1 Å². The number of carbonyl (C=O) groups is 1. The minimum atomic E-state index is -0.829. The second-order valence-electron chi connectivity index (χ2n) is 3.10. The number of hydrogen-bond acceptors (Lipinski definition) is 1. The van der Waals surface area contributed by atoms with Gasteiger partial charge in [0.25, 0.3) is 0 Å². The van der Waals surface area contributed by atoms with Crippen LogP contribution in [0, 0.1) is 13.8 Å². The summed E-state index contributed by atoms with van der Waals surface area (Å²) in [7, 11) is 0. The molecule has 0 aliphatic heterocycles. The van der Waals surface area contributed by atoms with E-state index in [0.717, 1.165) is 16.7 Å². The zero-order chi connectivity index (χ0) is 10.0. The summed E-state index contributed by atoms with van der Waals surface area (Å²) < 4.78 is 0. The molecule has 0 aromatic heterocycles. The van der Waals surface area contributed by atoms with E-state index in [4.69, 9.17) is 16.7 Å². The van der Waals surface area contributed by atoms with Crippen LogP contribution in [0.25, 0.3) is 0 Å². The average Bonchev–Trinajstić information content (AvgIpc) is 1.98. The first-order valence-electron chi connectivity index (χ1n) is 3.98. The van der Waals surface area contributed by atoms with Crippen molar-refractivity contribution in [2.45, 2.75) is 20.3 Å². The van der Waals surface area contributed by atoms with E-state index in [2.05, 4.69) is 0 Å². The largest absolute Gasteiger partial charge is 0.481 e. The maximum atomic E-state index is 10.5. The zero-order valence-electron chi connectivity index (χ0n) is 7.60. The van der Waals surface area contributed by atoms with Crippen LogP contribution in [0.2, 0.25) is 5.02 Å². The van der Waals surface area contributed by atoms with Crippen LogP contribution in [0.3, 0.4) is 0 Å². The summed E-state index contributed by atoms with van der Waals surface area (Å²) in [5.41, 5.74) is 2.64. The lowest BCUT2D eigenvalue weighted by Gasteiger charge is -2.06. The Hall–Kier alpha value is -1.02. The number of halogens is 1. The lowest BCUT2D eigenvalue weighted by molar-refractivity contribution is -0.136. The second-order valence-corrected chi connectivity index (χ2v) is 3.51. The van der Waals surface area contributed by atoms with E-state index >= 15 is 0 Å². The lowest BCUT2D eigenvalue weighted by atomic mass is 10.0. The van der Waals surface area contributed by atoms with Gasteiger partial charge in [-0.05, 0) is 36.6 Å². The Morgan fingerprint density at radius 2 is 2.08 bits per heavy atom. The van der Waals surface area contributed by atoms with Gasteiger partial charge in [0.05, 0.1) is 6.42 Å². The topological polar surface area (TPSA) is 37.3 Å². The molecule has 0 saturated heterocycles. The van der Waals surface area contributed by atoms with Gasteiger partial charge in [0.2, 0.25) is 0 Å². The Labute approximate surface area is 82.2 Å². The predicted molar refractivity (Wildman–Crippen MR) is 52.3 cm³/mol. The van der Waals surface area contributed by atoms with Gasteiger partial charge in [-0.1, -0.05) is 17.7 Å². The smallest absolute Gasteiger partial charge is 0.307 e. The third kappa shape index (κ3) is 2.46. The van der Waals surface area contributed by atoms with Crippen LogP contribution in [0.5, 0.6) is 0 Å². The van der Waals surface area contributed by atoms with Gasteiger partial charge >= 0.3 is 5.97 Å². The molecular weight excluding hydrogens is 188 g/mol. The fourth-order valence-electron chi connectivity index (χ4n) is 1.23. The minimum Gasteiger partial charge on any atom is -0.481 e. The fraction of sp³-hybridized carbons (Fsp3) is 0.300. The van der Waals surface area contributed by atoms with Gasteiger partial charge in [-0.3, -0.25) is 4.79 Å². The number of carboxylic acids is 1. The van der Waals surface area contributed by atoms with Crippen molar-refractivity contribution in [3.63, 3.8) is 0 Å². The number of benzene rings is 1. The Kier molecular flexibility index (Phi) is 2.94. The molecule has 2 nitrogen and oxygen atoms in total. The van der Waals surface area contributed by atoms with E-state index in [-0.39, 0.29) is 6.42 Å². The molecule has 3 heteroatoms. The highest BCUT2D eigenvalue weighted by Crippen LogP contribution is 2.21. The molecule has 70 valence electrons. The predicted octanol–water partition coefficient (Wildman–Crippen LogP) is 2.58. The molecule has 0 bridgehead atoms. The molecule has 1 aromatic rings. The highest BCUT2D eigenvalue weighted by Gasteiger charge is 2.07. The Morgan fingerprint density at radius 3 is 2.62 bits per heavy atom. The number of rotatable bonds is 2. The van der Waals surface area contributed by atoms with Crippen molar-refractivity contribution in [1.29, 1.82) is 0 Å². The van der Waals surface area contributed by atoms with E-state index < -0.39 is 5.97 Å². The Morgan fingerprint density at radius 1 is 1.46 bits per heavy atom. The van der Waals surface area contributed by atoms with Crippen molar-refractivity contribution in [3.05, 3.63) is 33.8 Å². The second kappa shape index (κ2) is 3.79. The summed E-state index contributed by atoms with van der Waals surface area (Å²) in [6.45, 7) is 3.73. The van der Waals surface area contributed by atoms with Gasteiger partial charge in [-0.15, -0.1) is 0 Å². The van der Waals surface area contributed by atoms with Crippen molar-refractivity contribution in [3.8, 4) is 0 Å².